The molecule has 1 amide bonds. The van der Waals surface area contributed by atoms with Crippen LogP contribution in [0.3, 0.4) is 0 Å². The lowest BCUT2D eigenvalue weighted by atomic mass is 10.1. The summed E-state index contributed by atoms with van der Waals surface area (Å²) < 4.78 is 32.0. The molecule has 2 rings (SSSR count). The number of rotatable bonds is 9. The highest BCUT2D eigenvalue weighted by atomic mass is 32.2. The molecule has 30 heavy (non-hydrogen) atoms. The number of carbonyl (C=O) groups is 2. The van der Waals surface area contributed by atoms with E-state index in [0.717, 1.165) is 16.3 Å². The number of sulfonamides is 1. The Kier molecular flexibility index (Phi) is 8.00. The van der Waals surface area contributed by atoms with E-state index in [0.29, 0.717) is 18.2 Å². The molecule has 0 spiro atoms. The second-order valence-corrected chi connectivity index (χ2v) is 9.41. The maximum atomic E-state index is 12.9. The molecule has 0 aliphatic rings. The first-order chi connectivity index (χ1) is 14.1. The third-order valence-corrected chi connectivity index (χ3v) is 6.29. The molecule has 0 aliphatic heterocycles. The second-order valence-electron chi connectivity index (χ2n) is 7.44. The van der Waals surface area contributed by atoms with Crippen molar-refractivity contribution in [2.45, 2.75) is 32.1 Å². The van der Waals surface area contributed by atoms with Crippen molar-refractivity contribution in [1.29, 1.82) is 0 Å². The smallest absolute Gasteiger partial charge is 0.338 e. The number of carbonyl (C=O) groups excluding carboxylic acids is 2. The highest BCUT2D eigenvalue weighted by molar-refractivity contribution is 7.92. The minimum absolute atomic E-state index is 0.0404. The van der Waals surface area contributed by atoms with Gasteiger partial charge in [0.1, 0.15) is 0 Å². The van der Waals surface area contributed by atoms with Crippen molar-refractivity contribution in [3.05, 3.63) is 59.7 Å². The van der Waals surface area contributed by atoms with Crippen LogP contribution in [0.5, 0.6) is 0 Å². The van der Waals surface area contributed by atoms with Crippen LogP contribution in [-0.2, 0) is 19.6 Å². The fraction of sp³-hybridized carbons (Fsp3) is 0.364. The van der Waals surface area contributed by atoms with Gasteiger partial charge in [-0.1, -0.05) is 37.6 Å². The molecule has 2 aromatic rings. The van der Waals surface area contributed by atoms with E-state index in [4.69, 9.17) is 4.74 Å². The fourth-order valence-corrected chi connectivity index (χ4v) is 3.84. The number of hydrogen-bond donors (Lipinski definition) is 1. The van der Waals surface area contributed by atoms with E-state index in [1.807, 2.05) is 32.9 Å². The van der Waals surface area contributed by atoms with E-state index < -0.39 is 28.5 Å². The second kappa shape index (κ2) is 10.2. The van der Waals surface area contributed by atoms with E-state index in [1.54, 1.807) is 12.1 Å². The molecule has 0 radical (unpaired) electrons. The van der Waals surface area contributed by atoms with Crippen LogP contribution in [0.15, 0.2) is 53.4 Å². The van der Waals surface area contributed by atoms with E-state index in [2.05, 4.69) is 5.32 Å². The molecule has 0 aliphatic carbocycles. The molecule has 8 heteroatoms. The van der Waals surface area contributed by atoms with Crippen LogP contribution in [-0.4, -0.2) is 40.5 Å². The predicted octanol–water partition coefficient (Wildman–Crippen LogP) is 3.14. The lowest BCUT2D eigenvalue weighted by Gasteiger charge is -2.20. The van der Waals surface area contributed by atoms with Gasteiger partial charge in [0.05, 0.1) is 16.1 Å². The summed E-state index contributed by atoms with van der Waals surface area (Å²) in [6, 6.07) is 12.6. The van der Waals surface area contributed by atoms with Crippen molar-refractivity contribution < 1.29 is 22.7 Å². The van der Waals surface area contributed by atoms with Crippen LogP contribution in [0, 0.1) is 12.8 Å². The first-order valence-corrected chi connectivity index (χ1v) is 11.1. The zero-order valence-electron chi connectivity index (χ0n) is 17.7. The lowest BCUT2D eigenvalue weighted by molar-refractivity contribution is -0.124. The lowest BCUT2D eigenvalue weighted by Crippen LogP contribution is -2.30. The Morgan fingerprint density at radius 1 is 1.10 bits per heavy atom. The molecule has 0 saturated carbocycles. The summed E-state index contributed by atoms with van der Waals surface area (Å²) in [6.07, 6.45) is 0.827. The highest BCUT2D eigenvalue weighted by Crippen LogP contribution is 2.23. The highest BCUT2D eigenvalue weighted by Gasteiger charge is 2.23. The van der Waals surface area contributed by atoms with Gasteiger partial charge >= 0.3 is 5.97 Å². The Hall–Kier alpha value is -2.87. The van der Waals surface area contributed by atoms with E-state index >= 15 is 0 Å². The molecule has 0 unspecified atom stereocenters. The number of ether oxygens (including phenoxy) is 1. The standard InChI is InChI=1S/C22H28N2O5S/c1-16(2)12-13-23-21(25)15-29-22(26)18-6-5-7-20(14-18)30(27,28)24(4)19-10-8-17(3)9-11-19/h5-11,14,16H,12-13,15H2,1-4H3,(H,23,25). The van der Waals surface area contributed by atoms with Gasteiger partial charge in [0, 0.05) is 13.6 Å². The van der Waals surface area contributed by atoms with Gasteiger partial charge in [0.15, 0.2) is 6.61 Å². The van der Waals surface area contributed by atoms with Gasteiger partial charge in [-0.3, -0.25) is 9.10 Å². The molecule has 0 bridgehead atoms. The zero-order valence-corrected chi connectivity index (χ0v) is 18.5. The van der Waals surface area contributed by atoms with Gasteiger partial charge in [0.2, 0.25) is 0 Å². The number of amides is 1. The van der Waals surface area contributed by atoms with E-state index in [1.165, 1.54) is 31.3 Å². The molecule has 2 aromatic carbocycles. The number of nitrogens with one attached hydrogen (secondary N) is 1. The number of anilines is 1. The van der Waals surface area contributed by atoms with Gasteiger partial charge in [-0.15, -0.1) is 0 Å². The van der Waals surface area contributed by atoms with Crippen molar-refractivity contribution in [3.8, 4) is 0 Å². The quantitative estimate of drug-likeness (QED) is 0.615. The molecule has 0 saturated heterocycles. The van der Waals surface area contributed by atoms with Crippen molar-refractivity contribution in [1.82, 2.24) is 5.32 Å². The Bertz CT molecular complexity index is 985. The molecule has 0 heterocycles. The first-order valence-electron chi connectivity index (χ1n) is 9.70. The van der Waals surface area contributed by atoms with Gasteiger partial charge in [-0.25, -0.2) is 13.2 Å². The summed E-state index contributed by atoms with van der Waals surface area (Å²) in [7, 11) is -2.42. The zero-order chi connectivity index (χ0) is 22.3. The van der Waals surface area contributed by atoms with Crippen LogP contribution in [0.2, 0.25) is 0 Å². The Balaban J connectivity index is 2.06. The predicted molar refractivity (Wildman–Crippen MR) is 116 cm³/mol. The maximum Gasteiger partial charge on any atom is 0.338 e. The van der Waals surface area contributed by atoms with Gasteiger partial charge in [0.25, 0.3) is 15.9 Å². The topological polar surface area (TPSA) is 92.8 Å². The first kappa shape index (κ1) is 23.4. The molecule has 0 atom stereocenters. The van der Waals surface area contributed by atoms with E-state index in [9.17, 15) is 18.0 Å². The summed E-state index contributed by atoms with van der Waals surface area (Å²) >= 11 is 0. The van der Waals surface area contributed by atoms with E-state index in [-0.39, 0.29) is 10.5 Å². The van der Waals surface area contributed by atoms with Crippen LogP contribution in [0.4, 0.5) is 5.69 Å². The largest absolute Gasteiger partial charge is 0.452 e. The van der Waals surface area contributed by atoms with Gasteiger partial charge in [-0.2, -0.15) is 0 Å². The third kappa shape index (κ3) is 6.32. The van der Waals surface area contributed by atoms with Crippen LogP contribution >= 0.6 is 0 Å². The van der Waals surface area contributed by atoms with Gasteiger partial charge in [-0.05, 0) is 49.6 Å². The fourth-order valence-electron chi connectivity index (χ4n) is 2.60. The SMILES string of the molecule is Cc1ccc(N(C)S(=O)(=O)c2cccc(C(=O)OCC(=O)NCCC(C)C)c2)cc1. The molecular weight excluding hydrogens is 404 g/mol. The van der Waals surface area contributed by atoms with Crippen molar-refractivity contribution in [3.63, 3.8) is 0 Å². The maximum absolute atomic E-state index is 12.9. The van der Waals surface area contributed by atoms with Crippen LogP contribution < -0.4 is 9.62 Å². The monoisotopic (exact) mass is 432 g/mol. The number of benzene rings is 2. The minimum Gasteiger partial charge on any atom is -0.452 e. The van der Waals surface area contributed by atoms with Crippen molar-refractivity contribution >= 4 is 27.6 Å². The molecule has 162 valence electrons. The molecular formula is C22H28N2O5S. The number of hydrogen-bond acceptors (Lipinski definition) is 5. The molecule has 7 nitrogen and oxygen atoms in total. The molecule has 1 N–H and O–H groups in total. The Labute approximate surface area is 178 Å². The Morgan fingerprint density at radius 2 is 1.77 bits per heavy atom. The van der Waals surface area contributed by atoms with Crippen molar-refractivity contribution in [2.75, 3.05) is 24.5 Å². The average Bonchev–Trinajstić information content (AvgIpc) is 2.71. The summed E-state index contributed by atoms with van der Waals surface area (Å²) in [5, 5.41) is 2.67. The Morgan fingerprint density at radius 3 is 2.40 bits per heavy atom. The number of aryl methyl sites for hydroxylation is 1. The van der Waals surface area contributed by atoms with Crippen LogP contribution in [0.1, 0.15) is 36.2 Å². The van der Waals surface area contributed by atoms with Crippen molar-refractivity contribution in [2.24, 2.45) is 5.92 Å². The molecule has 0 aromatic heterocycles. The van der Waals surface area contributed by atoms with Crippen LogP contribution in [0.25, 0.3) is 0 Å². The normalized spacial score (nSPS) is 11.2. The summed E-state index contributed by atoms with van der Waals surface area (Å²) in [6.45, 7) is 6.09. The summed E-state index contributed by atoms with van der Waals surface area (Å²) in [5.41, 5.74) is 1.58. The molecule has 0 fully saturated rings. The number of nitrogens with zero attached hydrogens (tertiary/aromatic N) is 1. The van der Waals surface area contributed by atoms with Gasteiger partial charge < -0.3 is 10.1 Å². The summed E-state index contributed by atoms with van der Waals surface area (Å²) in [5.74, 6) is -0.702. The third-order valence-electron chi connectivity index (χ3n) is 4.50. The number of esters is 1. The average molecular weight is 433 g/mol. The summed E-state index contributed by atoms with van der Waals surface area (Å²) in [4.78, 5) is 24.0. The minimum atomic E-state index is -3.87.